The van der Waals surface area contributed by atoms with Crippen molar-refractivity contribution in [3.63, 3.8) is 0 Å². The highest BCUT2D eigenvalue weighted by molar-refractivity contribution is 8.13. The second kappa shape index (κ2) is 5.58. The number of halogens is 1. The van der Waals surface area contributed by atoms with Crippen LogP contribution in [0.15, 0.2) is 23.1 Å². The van der Waals surface area contributed by atoms with Gasteiger partial charge in [0.15, 0.2) is 0 Å². The van der Waals surface area contributed by atoms with Crippen LogP contribution in [0.2, 0.25) is 0 Å². The quantitative estimate of drug-likeness (QED) is 0.783. The van der Waals surface area contributed by atoms with E-state index in [1.807, 2.05) is 0 Å². The van der Waals surface area contributed by atoms with Gasteiger partial charge in [-0.3, -0.25) is 4.79 Å². The van der Waals surface area contributed by atoms with Gasteiger partial charge in [0.2, 0.25) is 5.91 Å². The molecule has 100 valence electrons. The van der Waals surface area contributed by atoms with Crippen LogP contribution in [0, 0.1) is 0 Å². The predicted molar refractivity (Wildman–Crippen MR) is 68.4 cm³/mol. The monoisotopic (exact) mass is 291 g/mol. The third-order valence-electron chi connectivity index (χ3n) is 2.34. The van der Waals surface area contributed by atoms with Crippen molar-refractivity contribution in [2.24, 2.45) is 0 Å². The standard InChI is InChI=1S/C11H14ClNO4S/c1-13(2)11(14)7-8-4-5-9(17-3)10(6-8)18(12,15)16/h4-6H,7H2,1-3H3. The summed E-state index contributed by atoms with van der Waals surface area (Å²) >= 11 is 0. The summed E-state index contributed by atoms with van der Waals surface area (Å²) in [7, 11) is 6.02. The number of rotatable bonds is 4. The van der Waals surface area contributed by atoms with Crippen molar-refractivity contribution in [2.75, 3.05) is 21.2 Å². The first-order valence-corrected chi connectivity index (χ1v) is 7.38. The second-order valence-electron chi connectivity index (χ2n) is 3.89. The van der Waals surface area contributed by atoms with Crippen molar-refractivity contribution < 1.29 is 17.9 Å². The molecule has 1 amide bonds. The topological polar surface area (TPSA) is 63.7 Å². The molecule has 0 saturated heterocycles. The normalized spacial score (nSPS) is 11.1. The SMILES string of the molecule is COc1ccc(CC(=O)N(C)C)cc1S(=O)(=O)Cl. The van der Waals surface area contributed by atoms with Gasteiger partial charge in [-0.2, -0.15) is 0 Å². The Kier molecular flexibility index (Phi) is 4.59. The van der Waals surface area contributed by atoms with Crippen LogP contribution in [0.1, 0.15) is 5.56 Å². The number of nitrogens with zero attached hydrogens (tertiary/aromatic N) is 1. The fraction of sp³-hybridized carbons (Fsp3) is 0.364. The molecule has 0 radical (unpaired) electrons. The number of amides is 1. The molecule has 0 saturated carbocycles. The molecule has 0 fully saturated rings. The first-order valence-electron chi connectivity index (χ1n) is 5.07. The van der Waals surface area contributed by atoms with Gasteiger partial charge in [-0.25, -0.2) is 8.42 Å². The van der Waals surface area contributed by atoms with E-state index in [4.69, 9.17) is 15.4 Å². The number of carbonyl (C=O) groups is 1. The van der Waals surface area contributed by atoms with E-state index in [-0.39, 0.29) is 23.0 Å². The first kappa shape index (κ1) is 14.8. The molecule has 1 aromatic carbocycles. The van der Waals surface area contributed by atoms with Crippen LogP contribution in [-0.4, -0.2) is 40.4 Å². The van der Waals surface area contributed by atoms with Gasteiger partial charge in [0, 0.05) is 24.8 Å². The minimum Gasteiger partial charge on any atom is -0.495 e. The van der Waals surface area contributed by atoms with Crippen molar-refractivity contribution in [1.82, 2.24) is 4.90 Å². The average molecular weight is 292 g/mol. The molecule has 0 heterocycles. The van der Waals surface area contributed by atoms with E-state index in [9.17, 15) is 13.2 Å². The Labute approximate surface area is 111 Å². The Hall–Kier alpha value is -1.27. The summed E-state index contributed by atoms with van der Waals surface area (Å²) in [5.41, 5.74) is 0.564. The molecule has 0 spiro atoms. The maximum Gasteiger partial charge on any atom is 0.264 e. The number of likely N-dealkylation sites (N-methyl/N-ethyl adjacent to an activating group) is 1. The molecule has 0 unspecified atom stereocenters. The number of carbonyl (C=O) groups excluding carboxylic acids is 1. The molecule has 0 N–H and O–H groups in total. The van der Waals surface area contributed by atoms with Crippen LogP contribution in [0.25, 0.3) is 0 Å². The van der Waals surface area contributed by atoms with Crippen LogP contribution < -0.4 is 4.74 Å². The molecule has 1 rings (SSSR count). The van der Waals surface area contributed by atoms with E-state index >= 15 is 0 Å². The number of benzene rings is 1. The minimum absolute atomic E-state index is 0.108. The zero-order chi connectivity index (χ0) is 13.9. The summed E-state index contributed by atoms with van der Waals surface area (Å²) in [5, 5.41) is 0. The second-order valence-corrected chi connectivity index (χ2v) is 6.42. The van der Waals surface area contributed by atoms with Crippen LogP contribution in [-0.2, 0) is 20.3 Å². The van der Waals surface area contributed by atoms with Gasteiger partial charge in [0.05, 0.1) is 13.5 Å². The fourth-order valence-electron chi connectivity index (χ4n) is 1.35. The highest BCUT2D eigenvalue weighted by Crippen LogP contribution is 2.28. The third kappa shape index (κ3) is 3.61. The van der Waals surface area contributed by atoms with Crippen LogP contribution in [0.3, 0.4) is 0 Å². The van der Waals surface area contributed by atoms with E-state index in [2.05, 4.69) is 0 Å². The average Bonchev–Trinajstić information content (AvgIpc) is 2.27. The molecule has 18 heavy (non-hydrogen) atoms. The van der Waals surface area contributed by atoms with Gasteiger partial charge in [-0.15, -0.1) is 0 Å². The van der Waals surface area contributed by atoms with Gasteiger partial charge in [0.1, 0.15) is 10.6 Å². The van der Waals surface area contributed by atoms with Gasteiger partial charge in [-0.1, -0.05) is 6.07 Å². The lowest BCUT2D eigenvalue weighted by Crippen LogP contribution is -2.23. The Bertz CT molecular complexity index is 554. The van der Waals surface area contributed by atoms with Crippen LogP contribution >= 0.6 is 10.7 Å². The largest absolute Gasteiger partial charge is 0.495 e. The van der Waals surface area contributed by atoms with E-state index in [0.717, 1.165) is 0 Å². The van der Waals surface area contributed by atoms with Gasteiger partial charge >= 0.3 is 0 Å². The maximum absolute atomic E-state index is 11.5. The summed E-state index contributed by atoms with van der Waals surface area (Å²) in [6.07, 6.45) is 0.108. The van der Waals surface area contributed by atoms with Crippen molar-refractivity contribution in [2.45, 2.75) is 11.3 Å². The number of methoxy groups -OCH3 is 1. The van der Waals surface area contributed by atoms with E-state index in [1.54, 1.807) is 20.2 Å². The maximum atomic E-state index is 11.5. The fourth-order valence-corrected chi connectivity index (χ4v) is 2.40. The van der Waals surface area contributed by atoms with E-state index in [1.165, 1.54) is 24.1 Å². The Morgan fingerprint density at radius 2 is 2.00 bits per heavy atom. The number of hydrogen-bond acceptors (Lipinski definition) is 4. The lowest BCUT2D eigenvalue weighted by atomic mass is 10.1. The number of hydrogen-bond donors (Lipinski definition) is 0. The lowest BCUT2D eigenvalue weighted by molar-refractivity contribution is -0.127. The highest BCUT2D eigenvalue weighted by Gasteiger charge is 2.18. The molecular formula is C11H14ClNO4S. The van der Waals surface area contributed by atoms with Gasteiger partial charge in [-0.05, 0) is 17.7 Å². The first-order chi connectivity index (χ1) is 8.25. The lowest BCUT2D eigenvalue weighted by Gasteiger charge is -2.11. The molecule has 0 aliphatic rings. The smallest absolute Gasteiger partial charge is 0.264 e. The molecular weight excluding hydrogens is 278 g/mol. The van der Waals surface area contributed by atoms with E-state index < -0.39 is 9.05 Å². The summed E-state index contributed by atoms with van der Waals surface area (Å²) in [5.74, 6) is 0.0316. The van der Waals surface area contributed by atoms with Crippen LogP contribution in [0.4, 0.5) is 0 Å². The molecule has 0 aliphatic heterocycles. The van der Waals surface area contributed by atoms with Gasteiger partial charge in [0.25, 0.3) is 9.05 Å². The zero-order valence-corrected chi connectivity index (χ0v) is 11.9. The molecule has 1 aromatic rings. The molecule has 7 heteroatoms. The third-order valence-corrected chi connectivity index (χ3v) is 3.69. The Morgan fingerprint density at radius 1 is 1.39 bits per heavy atom. The number of ether oxygens (including phenoxy) is 1. The molecule has 0 atom stereocenters. The Morgan fingerprint density at radius 3 is 2.44 bits per heavy atom. The van der Waals surface area contributed by atoms with Gasteiger partial charge < -0.3 is 9.64 Å². The highest BCUT2D eigenvalue weighted by atomic mass is 35.7. The minimum atomic E-state index is -3.90. The summed E-state index contributed by atoms with van der Waals surface area (Å²) < 4.78 is 27.7. The summed E-state index contributed by atoms with van der Waals surface area (Å²) in [6, 6.07) is 4.46. The predicted octanol–water partition coefficient (Wildman–Crippen LogP) is 1.25. The van der Waals surface area contributed by atoms with E-state index in [0.29, 0.717) is 5.56 Å². The van der Waals surface area contributed by atoms with Crippen molar-refractivity contribution in [3.05, 3.63) is 23.8 Å². The summed E-state index contributed by atoms with van der Waals surface area (Å²) in [4.78, 5) is 12.8. The zero-order valence-electron chi connectivity index (χ0n) is 10.3. The van der Waals surface area contributed by atoms with Crippen LogP contribution in [0.5, 0.6) is 5.75 Å². The van der Waals surface area contributed by atoms with Crippen molar-refractivity contribution in [1.29, 1.82) is 0 Å². The molecule has 0 bridgehead atoms. The Balaban J connectivity index is 3.16. The molecule has 5 nitrogen and oxygen atoms in total. The summed E-state index contributed by atoms with van der Waals surface area (Å²) in [6.45, 7) is 0. The molecule has 0 aliphatic carbocycles. The molecule has 0 aromatic heterocycles. The van der Waals surface area contributed by atoms with Crippen molar-refractivity contribution >= 4 is 25.6 Å². The van der Waals surface area contributed by atoms with Crippen molar-refractivity contribution in [3.8, 4) is 5.75 Å².